The topological polar surface area (TPSA) is 93.7 Å². The molecule has 0 unspecified atom stereocenters. The molecule has 1 aromatic heterocycles. The summed E-state index contributed by atoms with van der Waals surface area (Å²) >= 11 is 1.19. The Kier molecular flexibility index (Phi) is 7.71. The van der Waals surface area contributed by atoms with Crippen molar-refractivity contribution in [2.75, 3.05) is 6.61 Å². The fourth-order valence-corrected chi connectivity index (χ4v) is 5.57. The maximum Gasteiger partial charge on any atom is 0.338 e. The van der Waals surface area contributed by atoms with Crippen LogP contribution in [0.3, 0.4) is 0 Å². The number of para-hydroxylation sites is 1. The van der Waals surface area contributed by atoms with Crippen LogP contribution in [0.15, 0.2) is 93.9 Å². The summed E-state index contributed by atoms with van der Waals surface area (Å²) in [6.07, 6.45) is 1.72. The molecule has 4 aromatic rings. The summed E-state index contributed by atoms with van der Waals surface area (Å²) in [5.74, 6) is -0.466. The standard InChI is InChI=1S/C31H24FN3O4S/c1-3-38-30(37)27-19(2)34-31-35(28(27)20-12-14-24(32)15-13-20)29(36)26(40-31)16-21-8-6-7-11-25(21)39-18-23-10-5-4-9-22(23)17-33/h4-16,28H,3,18H2,1-2H3/b26-16-/t28-/m0/s1. The Morgan fingerprint density at radius 2 is 1.85 bits per heavy atom. The molecule has 1 atom stereocenters. The van der Waals surface area contributed by atoms with Crippen molar-refractivity contribution in [3.8, 4) is 11.8 Å². The van der Waals surface area contributed by atoms with Crippen LogP contribution in [-0.2, 0) is 16.1 Å². The van der Waals surface area contributed by atoms with Crippen molar-refractivity contribution in [3.63, 3.8) is 0 Å². The van der Waals surface area contributed by atoms with E-state index in [0.29, 0.717) is 37.5 Å². The molecule has 0 bridgehead atoms. The van der Waals surface area contributed by atoms with Crippen molar-refractivity contribution in [1.29, 1.82) is 5.26 Å². The summed E-state index contributed by atoms with van der Waals surface area (Å²) in [4.78, 5) is 31.8. The van der Waals surface area contributed by atoms with Gasteiger partial charge in [-0.05, 0) is 49.8 Å². The average Bonchev–Trinajstić information content (AvgIpc) is 3.26. The van der Waals surface area contributed by atoms with Crippen LogP contribution >= 0.6 is 11.3 Å². The number of nitriles is 1. The van der Waals surface area contributed by atoms with Crippen molar-refractivity contribution in [2.45, 2.75) is 26.5 Å². The normalized spacial score (nSPS) is 14.8. The van der Waals surface area contributed by atoms with E-state index in [1.807, 2.05) is 30.3 Å². The molecule has 0 amide bonds. The number of allylic oxidation sites excluding steroid dienone is 1. The summed E-state index contributed by atoms with van der Waals surface area (Å²) in [5, 5.41) is 9.39. The minimum atomic E-state index is -0.827. The minimum Gasteiger partial charge on any atom is -0.488 e. The predicted octanol–water partition coefficient (Wildman–Crippen LogP) is 4.39. The van der Waals surface area contributed by atoms with Gasteiger partial charge in [0.2, 0.25) is 0 Å². The number of carbonyl (C=O) groups is 1. The van der Waals surface area contributed by atoms with Crippen LogP contribution in [0.2, 0.25) is 0 Å². The SMILES string of the molecule is CCOC(=O)C1=C(C)N=c2s/c(=C\c3ccccc3OCc3ccccc3C#N)c(=O)n2[C@H]1c1ccc(F)cc1. The van der Waals surface area contributed by atoms with E-state index in [0.717, 1.165) is 5.56 Å². The molecule has 2 heterocycles. The zero-order valence-corrected chi connectivity index (χ0v) is 22.6. The lowest BCUT2D eigenvalue weighted by atomic mass is 9.96. The van der Waals surface area contributed by atoms with Gasteiger partial charge in [-0.1, -0.05) is 59.9 Å². The zero-order valence-electron chi connectivity index (χ0n) is 21.8. The highest BCUT2D eigenvalue weighted by Crippen LogP contribution is 2.31. The maximum atomic E-state index is 13.8. The third-order valence-corrected chi connectivity index (χ3v) is 7.41. The first-order valence-electron chi connectivity index (χ1n) is 12.6. The lowest BCUT2D eigenvalue weighted by Gasteiger charge is -2.24. The van der Waals surface area contributed by atoms with Crippen molar-refractivity contribution in [1.82, 2.24) is 4.57 Å². The molecule has 0 saturated heterocycles. The Hall–Kier alpha value is -4.81. The average molecular weight is 554 g/mol. The van der Waals surface area contributed by atoms with Crippen LogP contribution in [0.25, 0.3) is 6.08 Å². The van der Waals surface area contributed by atoms with Gasteiger partial charge in [-0.15, -0.1) is 0 Å². The Labute approximate surface area is 233 Å². The number of carbonyl (C=O) groups excluding carboxylic acids is 1. The molecule has 40 heavy (non-hydrogen) atoms. The zero-order chi connectivity index (χ0) is 28.2. The highest BCUT2D eigenvalue weighted by atomic mass is 32.1. The second-order valence-electron chi connectivity index (χ2n) is 8.95. The molecule has 3 aromatic carbocycles. The molecule has 1 aliphatic rings. The quantitative estimate of drug-likeness (QED) is 0.317. The number of fused-ring (bicyclic) bond motifs is 1. The molecule has 0 fully saturated rings. The van der Waals surface area contributed by atoms with E-state index in [-0.39, 0.29) is 24.3 Å². The van der Waals surface area contributed by atoms with E-state index >= 15 is 0 Å². The van der Waals surface area contributed by atoms with Crippen LogP contribution in [0.1, 0.15) is 42.1 Å². The van der Waals surface area contributed by atoms with Gasteiger partial charge in [0, 0.05) is 11.1 Å². The van der Waals surface area contributed by atoms with E-state index < -0.39 is 17.8 Å². The second-order valence-corrected chi connectivity index (χ2v) is 9.96. The van der Waals surface area contributed by atoms with Gasteiger partial charge in [0.25, 0.3) is 5.56 Å². The lowest BCUT2D eigenvalue weighted by molar-refractivity contribution is -0.139. The number of nitrogens with zero attached hydrogens (tertiary/aromatic N) is 3. The van der Waals surface area contributed by atoms with E-state index in [2.05, 4.69) is 11.1 Å². The largest absolute Gasteiger partial charge is 0.488 e. The number of hydrogen-bond acceptors (Lipinski definition) is 7. The molecule has 0 spiro atoms. The Bertz CT molecular complexity index is 1850. The highest BCUT2D eigenvalue weighted by molar-refractivity contribution is 7.07. The summed E-state index contributed by atoms with van der Waals surface area (Å²) in [7, 11) is 0. The predicted molar refractivity (Wildman–Crippen MR) is 149 cm³/mol. The number of benzene rings is 3. The number of thiazole rings is 1. The number of esters is 1. The maximum absolute atomic E-state index is 13.8. The Morgan fingerprint density at radius 3 is 2.60 bits per heavy atom. The molecular formula is C31H24FN3O4S. The summed E-state index contributed by atoms with van der Waals surface area (Å²) in [6, 6.07) is 21.5. The number of ether oxygens (including phenoxy) is 2. The molecule has 5 rings (SSSR count). The third kappa shape index (κ3) is 5.22. The first-order chi connectivity index (χ1) is 19.4. The summed E-state index contributed by atoms with van der Waals surface area (Å²) in [5.41, 5.74) is 2.82. The van der Waals surface area contributed by atoms with Gasteiger partial charge in [0.15, 0.2) is 4.80 Å². The number of aromatic nitrogens is 1. The third-order valence-electron chi connectivity index (χ3n) is 6.43. The molecular weight excluding hydrogens is 529 g/mol. The minimum absolute atomic E-state index is 0.159. The van der Waals surface area contributed by atoms with Crippen molar-refractivity contribution in [3.05, 3.63) is 132 Å². The van der Waals surface area contributed by atoms with E-state index in [9.17, 15) is 19.2 Å². The first-order valence-corrected chi connectivity index (χ1v) is 13.4. The van der Waals surface area contributed by atoms with Crippen molar-refractivity contribution in [2.24, 2.45) is 4.99 Å². The van der Waals surface area contributed by atoms with Gasteiger partial charge in [-0.25, -0.2) is 14.2 Å². The van der Waals surface area contributed by atoms with E-state index in [1.165, 1.54) is 28.0 Å². The van der Waals surface area contributed by atoms with Crippen molar-refractivity contribution < 1.29 is 18.7 Å². The molecule has 0 radical (unpaired) electrons. The Balaban J connectivity index is 1.59. The number of halogens is 1. The molecule has 0 N–H and O–H groups in total. The van der Waals surface area contributed by atoms with Gasteiger partial charge < -0.3 is 9.47 Å². The van der Waals surface area contributed by atoms with Crippen LogP contribution < -0.4 is 19.6 Å². The monoisotopic (exact) mass is 553 g/mol. The van der Waals surface area contributed by atoms with Crippen LogP contribution in [-0.4, -0.2) is 17.1 Å². The van der Waals surface area contributed by atoms with Crippen LogP contribution in [0.4, 0.5) is 4.39 Å². The number of rotatable bonds is 7. The molecule has 9 heteroatoms. The molecule has 200 valence electrons. The number of hydrogen-bond donors (Lipinski definition) is 0. The van der Waals surface area contributed by atoms with Gasteiger partial charge >= 0.3 is 5.97 Å². The van der Waals surface area contributed by atoms with Crippen LogP contribution in [0, 0.1) is 17.1 Å². The van der Waals surface area contributed by atoms with Gasteiger partial charge in [-0.3, -0.25) is 9.36 Å². The summed E-state index contributed by atoms with van der Waals surface area (Å²) in [6.45, 7) is 3.74. The molecule has 0 saturated carbocycles. The van der Waals surface area contributed by atoms with Gasteiger partial charge in [0.1, 0.15) is 18.2 Å². The lowest BCUT2D eigenvalue weighted by Crippen LogP contribution is -2.39. The van der Waals surface area contributed by atoms with Crippen LogP contribution in [0.5, 0.6) is 5.75 Å². The molecule has 0 aliphatic carbocycles. The molecule has 7 nitrogen and oxygen atoms in total. The van der Waals surface area contributed by atoms with Gasteiger partial charge in [-0.2, -0.15) is 5.26 Å². The summed E-state index contributed by atoms with van der Waals surface area (Å²) < 4.78 is 27.0. The fourth-order valence-electron chi connectivity index (χ4n) is 4.54. The Morgan fingerprint density at radius 1 is 1.12 bits per heavy atom. The van der Waals surface area contributed by atoms with E-state index in [4.69, 9.17) is 9.47 Å². The smallest absolute Gasteiger partial charge is 0.338 e. The van der Waals surface area contributed by atoms with E-state index in [1.54, 1.807) is 50.3 Å². The highest BCUT2D eigenvalue weighted by Gasteiger charge is 2.33. The molecule has 1 aliphatic heterocycles. The van der Waals surface area contributed by atoms with Crippen molar-refractivity contribution >= 4 is 23.4 Å². The second kappa shape index (κ2) is 11.5. The first kappa shape index (κ1) is 26.8. The fraction of sp³-hybridized carbons (Fsp3) is 0.161. The van der Waals surface area contributed by atoms with Gasteiger partial charge in [0.05, 0.1) is 40.1 Å².